The van der Waals surface area contributed by atoms with Gasteiger partial charge in [-0.15, -0.1) is 0 Å². The van der Waals surface area contributed by atoms with Crippen molar-refractivity contribution in [2.24, 2.45) is 0 Å². The van der Waals surface area contributed by atoms with Crippen molar-refractivity contribution in [3.63, 3.8) is 0 Å². The van der Waals surface area contributed by atoms with Crippen molar-refractivity contribution in [1.82, 2.24) is 4.98 Å². The van der Waals surface area contributed by atoms with Gasteiger partial charge in [-0.3, -0.25) is 0 Å². The summed E-state index contributed by atoms with van der Waals surface area (Å²) in [5.74, 6) is -0.254. The van der Waals surface area contributed by atoms with Gasteiger partial charge in [-0.05, 0) is 49.2 Å². The standard InChI is InChI=1S/C15H13FN2S/c1-9-3-5-12(7-10(9)2)17-15-18-13-8-11(16)4-6-14(13)19-15/h3-8H,1-2H3,(H,17,18). The van der Waals surface area contributed by atoms with Crippen LogP contribution in [0.25, 0.3) is 10.2 Å². The van der Waals surface area contributed by atoms with Gasteiger partial charge in [0.05, 0.1) is 10.2 Å². The number of hydrogen-bond acceptors (Lipinski definition) is 3. The molecule has 1 aromatic heterocycles. The molecule has 3 rings (SSSR count). The minimum atomic E-state index is -0.254. The number of hydrogen-bond donors (Lipinski definition) is 1. The first-order valence-corrected chi connectivity index (χ1v) is 6.84. The number of halogens is 1. The van der Waals surface area contributed by atoms with Gasteiger partial charge in [0.25, 0.3) is 0 Å². The molecule has 1 N–H and O–H groups in total. The third kappa shape index (κ3) is 2.44. The number of rotatable bonds is 2. The predicted octanol–water partition coefficient (Wildman–Crippen LogP) is 4.80. The van der Waals surface area contributed by atoms with Gasteiger partial charge in [0.1, 0.15) is 5.82 Å². The van der Waals surface area contributed by atoms with Crippen LogP contribution >= 0.6 is 11.3 Å². The maximum absolute atomic E-state index is 13.1. The van der Waals surface area contributed by atoms with Crippen LogP contribution in [-0.4, -0.2) is 4.98 Å². The number of nitrogens with zero attached hydrogens (tertiary/aromatic N) is 1. The van der Waals surface area contributed by atoms with E-state index in [9.17, 15) is 4.39 Å². The van der Waals surface area contributed by atoms with Crippen LogP contribution < -0.4 is 5.32 Å². The summed E-state index contributed by atoms with van der Waals surface area (Å²) in [6.07, 6.45) is 0. The normalized spacial score (nSPS) is 10.9. The Morgan fingerprint density at radius 2 is 1.89 bits per heavy atom. The van der Waals surface area contributed by atoms with Crippen LogP contribution in [0.5, 0.6) is 0 Å². The summed E-state index contributed by atoms with van der Waals surface area (Å²) < 4.78 is 14.1. The third-order valence-corrected chi connectivity index (χ3v) is 4.06. The largest absolute Gasteiger partial charge is 0.332 e. The quantitative estimate of drug-likeness (QED) is 0.725. The van der Waals surface area contributed by atoms with Crippen molar-refractivity contribution in [1.29, 1.82) is 0 Å². The van der Waals surface area contributed by atoms with Gasteiger partial charge in [-0.2, -0.15) is 0 Å². The lowest BCUT2D eigenvalue weighted by Gasteiger charge is -2.05. The van der Waals surface area contributed by atoms with Crippen LogP contribution in [0.15, 0.2) is 36.4 Å². The molecular formula is C15H13FN2S. The van der Waals surface area contributed by atoms with Crippen LogP contribution in [0.1, 0.15) is 11.1 Å². The fourth-order valence-electron chi connectivity index (χ4n) is 1.90. The predicted molar refractivity (Wildman–Crippen MR) is 78.8 cm³/mol. The van der Waals surface area contributed by atoms with E-state index < -0.39 is 0 Å². The van der Waals surface area contributed by atoms with Crippen molar-refractivity contribution in [3.8, 4) is 0 Å². The van der Waals surface area contributed by atoms with Crippen molar-refractivity contribution < 1.29 is 4.39 Å². The van der Waals surface area contributed by atoms with E-state index in [1.54, 1.807) is 6.07 Å². The van der Waals surface area contributed by atoms with Crippen molar-refractivity contribution in [2.45, 2.75) is 13.8 Å². The van der Waals surface area contributed by atoms with Crippen LogP contribution in [0.3, 0.4) is 0 Å². The second-order valence-corrected chi connectivity index (χ2v) is 5.59. The first-order chi connectivity index (χ1) is 9.11. The number of fused-ring (bicyclic) bond motifs is 1. The molecular weight excluding hydrogens is 259 g/mol. The molecule has 0 unspecified atom stereocenters. The Bertz CT molecular complexity index is 749. The topological polar surface area (TPSA) is 24.9 Å². The minimum Gasteiger partial charge on any atom is -0.332 e. The second kappa shape index (κ2) is 4.63. The highest BCUT2D eigenvalue weighted by molar-refractivity contribution is 7.22. The summed E-state index contributed by atoms with van der Waals surface area (Å²) in [7, 11) is 0. The molecule has 3 aromatic rings. The van der Waals surface area contributed by atoms with Crippen LogP contribution in [0.2, 0.25) is 0 Å². The van der Waals surface area contributed by atoms with Gasteiger partial charge in [0.2, 0.25) is 0 Å². The van der Waals surface area contributed by atoms with Gasteiger partial charge < -0.3 is 5.32 Å². The Balaban J connectivity index is 1.94. The average molecular weight is 272 g/mol. The summed E-state index contributed by atoms with van der Waals surface area (Å²) in [6, 6.07) is 10.9. The second-order valence-electron chi connectivity index (χ2n) is 4.56. The molecule has 0 saturated heterocycles. The maximum atomic E-state index is 13.1. The Hall–Kier alpha value is -1.94. The SMILES string of the molecule is Cc1ccc(Nc2nc3cc(F)ccc3s2)cc1C. The minimum absolute atomic E-state index is 0.254. The molecule has 0 fully saturated rings. The molecule has 96 valence electrons. The fourth-order valence-corrected chi connectivity index (χ4v) is 2.76. The molecule has 0 bridgehead atoms. The summed E-state index contributed by atoms with van der Waals surface area (Å²) in [5, 5.41) is 4.05. The summed E-state index contributed by atoms with van der Waals surface area (Å²) in [6.45, 7) is 4.16. The summed E-state index contributed by atoms with van der Waals surface area (Å²) >= 11 is 1.52. The van der Waals surface area contributed by atoms with E-state index in [4.69, 9.17) is 0 Å². The maximum Gasteiger partial charge on any atom is 0.188 e. The van der Waals surface area contributed by atoms with Crippen molar-refractivity contribution in [3.05, 3.63) is 53.3 Å². The lowest BCUT2D eigenvalue weighted by molar-refractivity contribution is 0.629. The number of aromatic nitrogens is 1. The van der Waals surface area contributed by atoms with E-state index in [1.807, 2.05) is 6.07 Å². The van der Waals surface area contributed by atoms with Crippen LogP contribution in [0.4, 0.5) is 15.2 Å². The Morgan fingerprint density at radius 3 is 2.68 bits per heavy atom. The van der Waals surface area contributed by atoms with E-state index in [0.717, 1.165) is 15.5 Å². The van der Waals surface area contributed by atoms with Gasteiger partial charge in [-0.1, -0.05) is 17.4 Å². The molecule has 2 aromatic carbocycles. The highest BCUT2D eigenvalue weighted by Gasteiger charge is 2.05. The molecule has 0 radical (unpaired) electrons. The molecule has 19 heavy (non-hydrogen) atoms. The average Bonchev–Trinajstić information content (AvgIpc) is 2.75. The first-order valence-electron chi connectivity index (χ1n) is 6.02. The zero-order chi connectivity index (χ0) is 13.4. The molecule has 0 amide bonds. The van der Waals surface area contributed by atoms with E-state index in [0.29, 0.717) is 5.52 Å². The van der Waals surface area contributed by atoms with Gasteiger partial charge in [0, 0.05) is 11.8 Å². The molecule has 1 heterocycles. The number of anilines is 2. The fraction of sp³-hybridized carbons (Fsp3) is 0.133. The highest BCUT2D eigenvalue weighted by atomic mass is 32.1. The molecule has 4 heteroatoms. The van der Waals surface area contributed by atoms with Crippen LogP contribution in [-0.2, 0) is 0 Å². The first kappa shape index (κ1) is 12.1. The van der Waals surface area contributed by atoms with Gasteiger partial charge in [0.15, 0.2) is 5.13 Å². The van der Waals surface area contributed by atoms with E-state index in [-0.39, 0.29) is 5.82 Å². The molecule has 2 nitrogen and oxygen atoms in total. The zero-order valence-corrected chi connectivity index (χ0v) is 11.5. The smallest absolute Gasteiger partial charge is 0.188 e. The molecule has 0 atom stereocenters. The highest BCUT2D eigenvalue weighted by Crippen LogP contribution is 2.29. The van der Waals surface area contributed by atoms with Crippen LogP contribution in [0, 0.1) is 19.7 Å². The van der Waals surface area contributed by atoms with E-state index >= 15 is 0 Å². The lowest BCUT2D eigenvalue weighted by Crippen LogP contribution is -1.90. The monoisotopic (exact) mass is 272 g/mol. The van der Waals surface area contributed by atoms with E-state index in [1.165, 1.54) is 34.6 Å². The van der Waals surface area contributed by atoms with Gasteiger partial charge >= 0.3 is 0 Å². The molecule has 0 saturated carbocycles. The summed E-state index contributed by atoms with van der Waals surface area (Å²) in [5.41, 5.74) is 4.19. The van der Waals surface area contributed by atoms with Gasteiger partial charge in [-0.25, -0.2) is 9.37 Å². The number of aryl methyl sites for hydroxylation is 2. The third-order valence-electron chi connectivity index (χ3n) is 3.11. The molecule has 0 aliphatic rings. The van der Waals surface area contributed by atoms with Crippen molar-refractivity contribution >= 4 is 32.4 Å². The molecule has 0 aliphatic carbocycles. The van der Waals surface area contributed by atoms with Crippen molar-refractivity contribution in [2.75, 3.05) is 5.32 Å². The number of nitrogens with one attached hydrogen (secondary N) is 1. The molecule has 0 aliphatic heterocycles. The lowest BCUT2D eigenvalue weighted by atomic mass is 10.1. The Kier molecular flexibility index (Phi) is 2.95. The molecule has 0 spiro atoms. The number of benzene rings is 2. The zero-order valence-electron chi connectivity index (χ0n) is 10.7. The Labute approximate surface area is 114 Å². The summed E-state index contributed by atoms with van der Waals surface area (Å²) in [4.78, 5) is 4.39. The van der Waals surface area contributed by atoms with E-state index in [2.05, 4.69) is 36.3 Å². The Morgan fingerprint density at radius 1 is 1.05 bits per heavy atom. The number of thiazole rings is 1.